The molecule has 2 aromatic rings. The third-order valence-corrected chi connectivity index (χ3v) is 2.92. The molecule has 1 amide bonds. The van der Waals surface area contributed by atoms with E-state index in [9.17, 15) is 4.79 Å². The van der Waals surface area contributed by atoms with Crippen molar-refractivity contribution >= 4 is 11.6 Å². The molecule has 5 nitrogen and oxygen atoms in total. The predicted molar refractivity (Wildman–Crippen MR) is 73.9 cm³/mol. The Kier molecular flexibility index (Phi) is 4.07. The molecule has 0 radical (unpaired) electrons. The summed E-state index contributed by atoms with van der Waals surface area (Å²) in [6.07, 6.45) is 6.70. The molecule has 5 heteroatoms. The normalized spacial score (nSPS) is 10.0. The van der Waals surface area contributed by atoms with Gasteiger partial charge in [0.05, 0.1) is 5.56 Å². The topological polar surface area (TPSA) is 66.9 Å². The molecule has 0 saturated carbocycles. The fourth-order valence-corrected chi connectivity index (χ4v) is 1.75. The Bertz CT molecular complexity index is 583. The summed E-state index contributed by atoms with van der Waals surface area (Å²) in [4.78, 5) is 20.1. The van der Waals surface area contributed by atoms with Gasteiger partial charge in [0.1, 0.15) is 0 Å². The van der Waals surface area contributed by atoms with E-state index in [1.807, 2.05) is 13.0 Å². The fraction of sp³-hybridized carbons (Fsp3) is 0.214. The fourth-order valence-electron chi connectivity index (χ4n) is 1.75. The van der Waals surface area contributed by atoms with Crippen LogP contribution in [0.25, 0.3) is 0 Å². The minimum Gasteiger partial charge on any atom is -0.387 e. The Morgan fingerprint density at radius 1 is 1.21 bits per heavy atom. The van der Waals surface area contributed by atoms with Crippen molar-refractivity contribution in [3.8, 4) is 0 Å². The van der Waals surface area contributed by atoms with E-state index >= 15 is 0 Å². The van der Waals surface area contributed by atoms with Crippen LogP contribution in [0.2, 0.25) is 0 Å². The largest absolute Gasteiger partial charge is 0.387 e. The minimum absolute atomic E-state index is 0.152. The Labute approximate surface area is 112 Å². The zero-order valence-electron chi connectivity index (χ0n) is 11.0. The third-order valence-electron chi connectivity index (χ3n) is 2.92. The van der Waals surface area contributed by atoms with E-state index < -0.39 is 0 Å². The molecule has 98 valence electrons. The number of pyridine rings is 2. The Hall–Kier alpha value is -2.43. The van der Waals surface area contributed by atoms with Gasteiger partial charge >= 0.3 is 0 Å². The van der Waals surface area contributed by atoms with Crippen LogP contribution in [0.5, 0.6) is 0 Å². The second-order valence-electron chi connectivity index (χ2n) is 4.16. The van der Waals surface area contributed by atoms with E-state index in [-0.39, 0.29) is 5.91 Å². The lowest BCUT2D eigenvalue weighted by Gasteiger charge is -2.10. The maximum absolute atomic E-state index is 12.1. The van der Waals surface area contributed by atoms with Crippen LogP contribution in [0.15, 0.2) is 36.9 Å². The maximum atomic E-state index is 12.1. The number of hydrogen-bond donors (Lipinski definition) is 2. The van der Waals surface area contributed by atoms with Gasteiger partial charge in [0.2, 0.25) is 0 Å². The molecule has 0 bridgehead atoms. The molecule has 0 aliphatic heterocycles. The van der Waals surface area contributed by atoms with Gasteiger partial charge in [-0.05, 0) is 30.2 Å². The van der Waals surface area contributed by atoms with Gasteiger partial charge in [0, 0.05) is 44.1 Å². The van der Waals surface area contributed by atoms with E-state index in [4.69, 9.17) is 0 Å². The molecule has 0 aliphatic carbocycles. The lowest BCUT2D eigenvalue weighted by Crippen LogP contribution is -2.24. The van der Waals surface area contributed by atoms with Gasteiger partial charge in [-0.1, -0.05) is 0 Å². The number of anilines is 1. The molecule has 2 heterocycles. The van der Waals surface area contributed by atoms with E-state index in [1.165, 1.54) is 0 Å². The number of nitrogens with zero attached hydrogens (tertiary/aromatic N) is 2. The van der Waals surface area contributed by atoms with E-state index in [0.717, 1.165) is 16.8 Å². The highest BCUT2D eigenvalue weighted by Crippen LogP contribution is 2.12. The van der Waals surface area contributed by atoms with Gasteiger partial charge in [-0.15, -0.1) is 0 Å². The van der Waals surface area contributed by atoms with Crippen molar-refractivity contribution < 1.29 is 4.79 Å². The summed E-state index contributed by atoms with van der Waals surface area (Å²) in [5.74, 6) is -0.152. The first-order valence-electron chi connectivity index (χ1n) is 6.02. The molecule has 0 spiro atoms. The molecule has 2 aromatic heterocycles. The van der Waals surface area contributed by atoms with Crippen LogP contribution in [0, 0.1) is 6.92 Å². The van der Waals surface area contributed by atoms with Gasteiger partial charge in [-0.25, -0.2) is 0 Å². The number of rotatable bonds is 4. The Morgan fingerprint density at radius 3 is 2.68 bits per heavy atom. The highest BCUT2D eigenvalue weighted by molar-refractivity contribution is 5.99. The predicted octanol–water partition coefficient (Wildman–Crippen LogP) is 1.76. The number of aryl methyl sites for hydroxylation is 1. The van der Waals surface area contributed by atoms with Crippen molar-refractivity contribution in [3.63, 3.8) is 0 Å². The van der Waals surface area contributed by atoms with Crippen LogP contribution >= 0.6 is 0 Å². The average molecular weight is 256 g/mol. The molecule has 0 saturated heterocycles. The molecule has 2 N–H and O–H groups in total. The molecule has 19 heavy (non-hydrogen) atoms. The van der Waals surface area contributed by atoms with Crippen molar-refractivity contribution in [2.75, 3.05) is 12.4 Å². The second kappa shape index (κ2) is 5.95. The average Bonchev–Trinajstić information content (AvgIpc) is 2.46. The van der Waals surface area contributed by atoms with Crippen LogP contribution in [0.3, 0.4) is 0 Å². The first-order valence-corrected chi connectivity index (χ1v) is 6.02. The van der Waals surface area contributed by atoms with Crippen molar-refractivity contribution in [3.05, 3.63) is 53.6 Å². The number of nitrogens with one attached hydrogen (secondary N) is 2. The second-order valence-corrected chi connectivity index (χ2v) is 4.16. The smallest absolute Gasteiger partial charge is 0.255 e. The van der Waals surface area contributed by atoms with Gasteiger partial charge in [-0.3, -0.25) is 14.8 Å². The third kappa shape index (κ3) is 3.07. The summed E-state index contributed by atoms with van der Waals surface area (Å²) >= 11 is 0. The van der Waals surface area contributed by atoms with Gasteiger partial charge in [0.15, 0.2) is 0 Å². The molecule has 0 fully saturated rings. The van der Waals surface area contributed by atoms with Crippen LogP contribution < -0.4 is 10.6 Å². The molecule has 2 rings (SSSR count). The summed E-state index contributed by atoms with van der Waals surface area (Å²) in [6, 6.07) is 3.69. The summed E-state index contributed by atoms with van der Waals surface area (Å²) in [6.45, 7) is 2.45. The standard InChI is InChI=1S/C14H16N4O/c1-10-3-5-16-7-11(10)8-18-14(19)12-9-17-6-4-13(12)15-2/h3-7,9H,8H2,1-2H3,(H,15,17)(H,18,19). The molecule has 0 aromatic carbocycles. The van der Waals surface area contributed by atoms with E-state index in [0.29, 0.717) is 12.1 Å². The SMILES string of the molecule is CNc1ccncc1C(=O)NCc1cnccc1C. The van der Waals surface area contributed by atoms with E-state index in [1.54, 1.807) is 37.9 Å². The van der Waals surface area contributed by atoms with E-state index in [2.05, 4.69) is 20.6 Å². The molecule has 0 aliphatic rings. The van der Waals surface area contributed by atoms with Gasteiger partial charge < -0.3 is 10.6 Å². The summed E-state index contributed by atoms with van der Waals surface area (Å²) < 4.78 is 0. The summed E-state index contributed by atoms with van der Waals surface area (Å²) in [5, 5.41) is 5.84. The number of aromatic nitrogens is 2. The number of carbonyl (C=O) groups is 1. The number of amides is 1. The quantitative estimate of drug-likeness (QED) is 0.874. The molecule has 0 atom stereocenters. The van der Waals surface area contributed by atoms with Gasteiger partial charge in [0.25, 0.3) is 5.91 Å². The number of hydrogen-bond acceptors (Lipinski definition) is 4. The summed E-state index contributed by atoms with van der Waals surface area (Å²) in [7, 11) is 1.78. The first kappa shape index (κ1) is 13.0. The lowest BCUT2D eigenvalue weighted by atomic mass is 10.1. The van der Waals surface area contributed by atoms with Crippen molar-refractivity contribution in [1.29, 1.82) is 0 Å². The molecular weight excluding hydrogens is 240 g/mol. The zero-order valence-corrected chi connectivity index (χ0v) is 11.0. The van der Waals surface area contributed by atoms with Crippen molar-refractivity contribution in [2.24, 2.45) is 0 Å². The lowest BCUT2D eigenvalue weighted by molar-refractivity contribution is 0.0951. The molecule has 0 unspecified atom stereocenters. The number of carbonyl (C=O) groups excluding carboxylic acids is 1. The minimum atomic E-state index is -0.152. The monoisotopic (exact) mass is 256 g/mol. The van der Waals surface area contributed by atoms with Crippen molar-refractivity contribution in [2.45, 2.75) is 13.5 Å². The Balaban J connectivity index is 2.08. The molecular formula is C14H16N4O. The van der Waals surface area contributed by atoms with Crippen LogP contribution in [-0.4, -0.2) is 22.9 Å². The zero-order chi connectivity index (χ0) is 13.7. The van der Waals surface area contributed by atoms with Crippen LogP contribution in [-0.2, 0) is 6.54 Å². The maximum Gasteiger partial charge on any atom is 0.255 e. The Morgan fingerprint density at radius 2 is 1.95 bits per heavy atom. The highest BCUT2D eigenvalue weighted by Gasteiger charge is 2.10. The highest BCUT2D eigenvalue weighted by atomic mass is 16.1. The van der Waals surface area contributed by atoms with Crippen LogP contribution in [0.4, 0.5) is 5.69 Å². The van der Waals surface area contributed by atoms with Gasteiger partial charge in [-0.2, -0.15) is 0 Å². The van der Waals surface area contributed by atoms with Crippen molar-refractivity contribution in [1.82, 2.24) is 15.3 Å². The first-order chi connectivity index (χ1) is 9.22. The van der Waals surface area contributed by atoms with Crippen LogP contribution in [0.1, 0.15) is 21.5 Å². The summed E-state index contributed by atoms with van der Waals surface area (Å²) in [5.41, 5.74) is 3.41.